The zero-order valence-corrected chi connectivity index (χ0v) is 7.80. The van der Waals surface area contributed by atoms with Crippen molar-refractivity contribution >= 4 is 5.97 Å². The zero-order chi connectivity index (χ0) is 10.6. The van der Waals surface area contributed by atoms with Gasteiger partial charge in [0.15, 0.2) is 0 Å². The van der Waals surface area contributed by atoms with E-state index in [0.717, 1.165) is 0 Å². The SMILES string of the molecule is COC[C@@H](N)c1cc(C(=O)O)ccn1. The Labute approximate surface area is 81.5 Å². The van der Waals surface area contributed by atoms with Gasteiger partial charge >= 0.3 is 5.97 Å². The lowest BCUT2D eigenvalue weighted by molar-refractivity contribution is 0.0696. The van der Waals surface area contributed by atoms with Crippen LogP contribution in [0.25, 0.3) is 0 Å². The molecule has 0 amide bonds. The molecule has 0 spiro atoms. The number of aromatic nitrogens is 1. The van der Waals surface area contributed by atoms with Crippen LogP contribution in [-0.2, 0) is 4.74 Å². The van der Waals surface area contributed by atoms with Gasteiger partial charge in [0, 0.05) is 13.3 Å². The summed E-state index contributed by atoms with van der Waals surface area (Å²) in [6, 6.07) is 2.48. The third kappa shape index (κ3) is 2.51. The first kappa shape index (κ1) is 10.6. The van der Waals surface area contributed by atoms with E-state index in [2.05, 4.69) is 4.98 Å². The number of rotatable bonds is 4. The zero-order valence-electron chi connectivity index (χ0n) is 7.80. The summed E-state index contributed by atoms with van der Waals surface area (Å²) in [4.78, 5) is 14.6. The van der Waals surface area contributed by atoms with Gasteiger partial charge in [0.05, 0.1) is 23.9 Å². The van der Waals surface area contributed by atoms with Gasteiger partial charge in [0.1, 0.15) is 0 Å². The number of carboxylic acid groups (broad SMARTS) is 1. The Morgan fingerprint density at radius 3 is 3.07 bits per heavy atom. The fourth-order valence-corrected chi connectivity index (χ4v) is 1.05. The first-order chi connectivity index (χ1) is 6.65. The molecule has 0 unspecified atom stereocenters. The molecule has 76 valence electrons. The predicted molar refractivity (Wildman–Crippen MR) is 50.0 cm³/mol. The molecule has 0 saturated heterocycles. The topological polar surface area (TPSA) is 85.4 Å². The molecule has 0 bridgehead atoms. The van der Waals surface area contributed by atoms with Crippen molar-refractivity contribution in [1.82, 2.24) is 4.98 Å². The fraction of sp³-hybridized carbons (Fsp3) is 0.333. The van der Waals surface area contributed by atoms with Crippen LogP contribution >= 0.6 is 0 Å². The van der Waals surface area contributed by atoms with E-state index in [9.17, 15) is 4.79 Å². The summed E-state index contributed by atoms with van der Waals surface area (Å²) in [6.07, 6.45) is 1.42. The maximum atomic E-state index is 10.6. The van der Waals surface area contributed by atoms with Crippen molar-refractivity contribution in [2.45, 2.75) is 6.04 Å². The lowest BCUT2D eigenvalue weighted by Crippen LogP contribution is -2.18. The molecule has 0 aliphatic carbocycles. The second-order valence-electron chi connectivity index (χ2n) is 2.84. The molecular formula is C9H12N2O3. The Bertz CT molecular complexity index is 328. The fourth-order valence-electron chi connectivity index (χ4n) is 1.05. The minimum Gasteiger partial charge on any atom is -0.478 e. The van der Waals surface area contributed by atoms with Gasteiger partial charge in [-0.1, -0.05) is 0 Å². The van der Waals surface area contributed by atoms with Crippen LogP contribution < -0.4 is 5.73 Å². The van der Waals surface area contributed by atoms with Gasteiger partial charge in [-0.2, -0.15) is 0 Å². The summed E-state index contributed by atoms with van der Waals surface area (Å²) in [6.45, 7) is 0.316. The number of nitrogens with two attached hydrogens (primary N) is 1. The van der Waals surface area contributed by atoms with Crippen LogP contribution in [0.2, 0.25) is 0 Å². The van der Waals surface area contributed by atoms with Gasteiger partial charge in [0.2, 0.25) is 0 Å². The normalized spacial score (nSPS) is 12.4. The Morgan fingerprint density at radius 1 is 1.79 bits per heavy atom. The lowest BCUT2D eigenvalue weighted by atomic mass is 10.1. The molecule has 1 rings (SSSR count). The molecule has 0 aliphatic heterocycles. The van der Waals surface area contributed by atoms with Crippen molar-refractivity contribution in [2.75, 3.05) is 13.7 Å². The number of hydrogen-bond donors (Lipinski definition) is 2. The summed E-state index contributed by atoms with van der Waals surface area (Å²) < 4.78 is 4.85. The second-order valence-corrected chi connectivity index (χ2v) is 2.84. The Kier molecular flexibility index (Phi) is 3.55. The number of carboxylic acids is 1. The Balaban J connectivity index is 2.87. The monoisotopic (exact) mass is 196 g/mol. The smallest absolute Gasteiger partial charge is 0.335 e. The van der Waals surface area contributed by atoms with Crippen molar-refractivity contribution in [3.63, 3.8) is 0 Å². The number of nitrogens with zero attached hydrogens (tertiary/aromatic N) is 1. The molecule has 0 fully saturated rings. The summed E-state index contributed by atoms with van der Waals surface area (Å²) in [5.74, 6) is -0.988. The van der Waals surface area contributed by atoms with Gasteiger partial charge in [-0.3, -0.25) is 4.98 Å². The summed E-state index contributed by atoms with van der Waals surface area (Å²) in [5, 5.41) is 8.72. The molecule has 0 aromatic carbocycles. The highest BCUT2D eigenvalue weighted by Gasteiger charge is 2.10. The quantitative estimate of drug-likeness (QED) is 0.729. The highest BCUT2D eigenvalue weighted by Crippen LogP contribution is 2.09. The van der Waals surface area contributed by atoms with Crippen molar-refractivity contribution in [3.8, 4) is 0 Å². The van der Waals surface area contributed by atoms with Gasteiger partial charge in [-0.25, -0.2) is 4.79 Å². The van der Waals surface area contributed by atoms with E-state index < -0.39 is 5.97 Å². The van der Waals surface area contributed by atoms with E-state index in [1.807, 2.05) is 0 Å². The van der Waals surface area contributed by atoms with Gasteiger partial charge < -0.3 is 15.6 Å². The van der Waals surface area contributed by atoms with E-state index >= 15 is 0 Å². The van der Waals surface area contributed by atoms with Crippen LogP contribution in [0.4, 0.5) is 0 Å². The molecule has 14 heavy (non-hydrogen) atoms. The second kappa shape index (κ2) is 4.69. The first-order valence-corrected chi connectivity index (χ1v) is 4.09. The van der Waals surface area contributed by atoms with Crippen LogP contribution in [0, 0.1) is 0 Å². The molecule has 5 nitrogen and oxygen atoms in total. The van der Waals surface area contributed by atoms with E-state index in [4.69, 9.17) is 15.6 Å². The average Bonchev–Trinajstić information content (AvgIpc) is 2.18. The largest absolute Gasteiger partial charge is 0.478 e. The number of ether oxygens (including phenoxy) is 1. The van der Waals surface area contributed by atoms with E-state index in [1.54, 1.807) is 0 Å². The Hall–Kier alpha value is -1.46. The number of pyridine rings is 1. The standard InChI is InChI=1S/C9H12N2O3/c1-14-5-7(10)8-4-6(9(12)13)2-3-11-8/h2-4,7H,5,10H2,1H3,(H,12,13)/t7-/m1/s1. The molecule has 5 heteroatoms. The third-order valence-corrected chi connectivity index (χ3v) is 1.75. The van der Waals surface area contributed by atoms with Crippen LogP contribution in [0.5, 0.6) is 0 Å². The Morgan fingerprint density at radius 2 is 2.50 bits per heavy atom. The summed E-state index contributed by atoms with van der Waals surface area (Å²) >= 11 is 0. The third-order valence-electron chi connectivity index (χ3n) is 1.75. The maximum absolute atomic E-state index is 10.6. The van der Waals surface area contributed by atoms with E-state index in [1.165, 1.54) is 25.4 Å². The molecule has 1 atom stereocenters. The minimum absolute atomic E-state index is 0.182. The highest BCUT2D eigenvalue weighted by molar-refractivity contribution is 5.87. The highest BCUT2D eigenvalue weighted by atomic mass is 16.5. The average molecular weight is 196 g/mol. The molecule has 3 N–H and O–H groups in total. The molecule has 1 heterocycles. The van der Waals surface area contributed by atoms with Crippen molar-refractivity contribution in [2.24, 2.45) is 5.73 Å². The van der Waals surface area contributed by atoms with Crippen LogP contribution in [0.1, 0.15) is 22.1 Å². The van der Waals surface area contributed by atoms with Crippen LogP contribution in [-0.4, -0.2) is 29.8 Å². The maximum Gasteiger partial charge on any atom is 0.335 e. The number of aromatic carboxylic acids is 1. The van der Waals surface area contributed by atoms with E-state index in [0.29, 0.717) is 12.3 Å². The lowest BCUT2D eigenvalue weighted by Gasteiger charge is -2.09. The molecule has 1 aromatic rings. The summed E-state index contributed by atoms with van der Waals surface area (Å²) in [5.41, 5.74) is 6.40. The van der Waals surface area contributed by atoms with Crippen LogP contribution in [0.3, 0.4) is 0 Å². The number of methoxy groups -OCH3 is 1. The van der Waals surface area contributed by atoms with Gasteiger partial charge in [-0.05, 0) is 12.1 Å². The number of carbonyl (C=O) groups is 1. The predicted octanol–water partition coefficient (Wildman–Crippen LogP) is 0.426. The van der Waals surface area contributed by atoms with Crippen molar-refractivity contribution in [1.29, 1.82) is 0 Å². The van der Waals surface area contributed by atoms with Crippen LogP contribution in [0.15, 0.2) is 18.3 Å². The molecule has 0 aliphatic rings. The van der Waals surface area contributed by atoms with Gasteiger partial charge in [-0.15, -0.1) is 0 Å². The van der Waals surface area contributed by atoms with Crippen molar-refractivity contribution < 1.29 is 14.6 Å². The molecule has 1 aromatic heterocycles. The molecule has 0 radical (unpaired) electrons. The van der Waals surface area contributed by atoms with Crippen molar-refractivity contribution in [3.05, 3.63) is 29.6 Å². The number of hydrogen-bond acceptors (Lipinski definition) is 4. The minimum atomic E-state index is -0.988. The molecular weight excluding hydrogens is 184 g/mol. The van der Waals surface area contributed by atoms with Gasteiger partial charge in [0.25, 0.3) is 0 Å². The summed E-state index contributed by atoms with van der Waals surface area (Å²) in [7, 11) is 1.53. The van der Waals surface area contributed by atoms with E-state index in [-0.39, 0.29) is 11.6 Å². The first-order valence-electron chi connectivity index (χ1n) is 4.09. The molecule has 0 saturated carbocycles.